The van der Waals surface area contributed by atoms with Gasteiger partial charge in [-0.3, -0.25) is 5.10 Å². The van der Waals surface area contributed by atoms with Crippen molar-refractivity contribution in [3.63, 3.8) is 0 Å². The third kappa shape index (κ3) is 1.78. The average molecular weight is 278 g/mol. The summed E-state index contributed by atoms with van der Waals surface area (Å²) in [5, 5.41) is 7.32. The monoisotopic (exact) mass is 277 g/mol. The van der Waals surface area contributed by atoms with Gasteiger partial charge in [0.15, 0.2) is 5.82 Å². The number of H-pyrrole nitrogens is 1. The fourth-order valence-electron chi connectivity index (χ4n) is 1.81. The van der Waals surface area contributed by atoms with Gasteiger partial charge in [0.05, 0.1) is 0 Å². The topological polar surface area (TPSA) is 41.6 Å². The highest BCUT2D eigenvalue weighted by Crippen LogP contribution is 2.38. The van der Waals surface area contributed by atoms with E-state index in [0.717, 1.165) is 21.7 Å². The van der Waals surface area contributed by atoms with Gasteiger partial charge in [-0.1, -0.05) is 15.9 Å². The minimum absolute atomic E-state index is 0.622. The molecule has 1 aromatic carbocycles. The summed E-state index contributed by atoms with van der Waals surface area (Å²) in [7, 11) is 0. The fraction of sp³-hybridized carbons (Fsp3) is 0.333. The summed E-state index contributed by atoms with van der Waals surface area (Å²) < 4.78 is 1.09. The predicted molar refractivity (Wildman–Crippen MR) is 66.2 cm³/mol. The molecular weight excluding hydrogens is 266 g/mol. The lowest BCUT2D eigenvalue weighted by atomic mass is 10.1. The lowest BCUT2D eigenvalue weighted by Gasteiger charge is -2.01. The molecule has 82 valence electrons. The normalized spacial score (nSPS) is 15.4. The lowest BCUT2D eigenvalue weighted by molar-refractivity contribution is 0.935. The van der Waals surface area contributed by atoms with E-state index in [4.69, 9.17) is 0 Å². The summed E-state index contributed by atoms with van der Waals surface area (Å²) in [5.41, 5.74) is 2.29. The van der Waals surface area contributed by atoms with Gasteiger partial charge >= 0.3 is 0 Å². The first kappa shape index (κ1) is 10.0. The summed E-state index contributed by atoms with van der Waals surface area (Å²) in [6, 6.07) is 6.16. The van der Waals surface area contributed by atoms with Crippen LogP contribution in [0, 0.1) is 6.92 Å². The molecule has 1 heterocycles. The van der Waals surface area contributed by atoms with Gasteiger partial charge in [-0.25, -0.2) is 4.98 Å². The van der Waals surface area contributed by atoms with Crippen LogP contribution in [0.2, 0.25) is 0 Å². The van der Waals surface area contributed by atoms with Crippen LogP contribution in [0.3, 0.4) is 0 Å². The summed E-state index contributed by atoms with van der Waals surface area (Å²) in [4.78, 5) is 4.55. The van der Waals surface area contributed by atoms with Crippen molar-refractivity contribution >= 4 is 15.9 Å². The molecule has 0 spiro atoms. The van der Waals surface area contributed by atoms with Crippen molar-refractivity contribution in [2.75, 3.05) is 0 Å². The Bertz CT molecular complexity index is 529. The minimum atomic E-state index is 0.622. The maximum absolute atomic E-state index is 4.55. The Morgan fingerprint density at radius 1 is 1.38 bits per heavy atom. The standard InChI is InChI=1S/C12H12BrN3/c1-7-6-9(13)4-5-10(7)12-14-11(15-16-12)8-2-3-8/h4-6,8H,2-3H2,1H3,(H,14,15,16). The molecule has 1 N–H and O–H groups in total. The van der Waals surface area contributed by atoms with Gasteiger partial charge in [-0.2, -0.15) is 5.10 Å². The quantitative estimate of drug-likeness (QED) is 0.914. The molecule has 1 fully saturated rings. The Morgan fingerprint density at radius 2 is 2.19 bits per heavy atom. The molecule has 3 rings (SSSR count). The molecule has 0 bridgehead atoms. The number of nitrogens with zero attached hydrogens (tertiary/aromatic N) is 2. The molecular formula is C12H12BrN3. The molecule has 0 atom stereocenters. The lowest BCUT2D eigenvalue weighted by Crippen LogP contribution is -1.86. The molecule has 0 aliphatic heterocycles. The predicted octanol–water partition coefficient (Wildman–Crippen LogP) is 3.42. The van der Waals surface area contributed by atoms with E-state index in [-0.39, 0.29) is 0 Å². The molecule has 1 aromatic heterocycles. The Hall–Kier alpha value is -1.16. The van der Waals surface area contributed by atoms with E-state index in [1.807, 2.05) is 6.07 Å². The number of nitrogens with one attached hydrogen (secondary N) is 1. The third-order valence-electron chi connectivity index (χ3n) is 2.90. The van der Waals surface area contributed by atoms with Gasteiger partial charge in [0.25, 0.3) is 0 Å². The van der Waals surface area contributed by atoms with Crippen molar-refractivity contribution in [1.82, 2.24) is 15.2 Å². The van der Waals surface area contributed by atoms with Crippen molar-refractivity contribution < 1.29 is 0 Å². The largest absolute Gasteiger partial charge is 0.262 e. The number of benzene rings is 1. The zero-order valence-electron chi connectivity index (χ0n) is 9.00. The average Bonchev–Trinajstić information content (AvgIpc) is 2.98. The van der Waals surface area contributed by atoms with E-state index in [1.165, 1.54) is 18.4 Å². The Balaban J connectivity index is 2.00. The molecule has 1 aliphatic carbocycles. The van der Waals surface area contributed by atoms with Crippen LogP contribution < -0.4 is 0 Å². The van der Waals surface area contributed by atoms with Gasteiger partial charge in [0.1, 0.15) is 5.82 Å². The maximum atomic E-state index is 4.55. The first-order valence-corrected chi connectivity index (χ1v) is 6.22. The molecule has 3 nitrogen and oxygen atoms in total. The Morgan fingerprint density at radius 3 is 2.88 bits per heavy atom. The van der Waals surface area contributed by atoms with E-state index in [2.05, 4.69) is 50.2 Å². The van der Waals surface area contributed by atoms with Crippen molar-refractivity contribution in [2.24, 2.45) is 0 Å². The van der Waals surface area contributed by atoms with Crippen LogP contribution in [-0.4, -0.2) is 15.2 Å². The van der Waals surface area contributed by atoms with Crippen molar-refractivity contribution in [2.45, 2.75) is 25.7 Å². The van der Waals surface area contributed by atoms with Crippen LogP contribution in [-0.2, 0) is 0 Å². The molecule has 0 unspecified atom stereocenters. The van der Waals surface area contributed by atoms with Crippen molar-refractivity contribution in [3.8, 4) is 11.4 Å². The fourth-order valence-corrected chi connectivity index (χ4v) is 2.29. The van der Waals surface area contributed by atoms with Crippen LogP contribution in [0.1, 0.15) is 30.1 Å². The number of aromatic amines is 1. The molecule has 0 amide bonds. The molecule has 0 saturated heterocycles. The van der Waals surface area contributed by atoms with Crippen LogP contribution in [0.25, 0.3) is 11.4 Å². The first-order valence-electron chi connectivity index (χ1n) is 5.43. The molecule has 2 aromatic rings. The molecule has 4 heteroatoms. The second kappa shape index (κ2) is 3.70. The highest BCUT2D eigenvalue weighted by atomic mass is 79.9. The summed E-state index contributed by atoms with van der Waals surface area (Å²) in [6.45, 7) is 2.08. The third-order valence-corrected chi connectivity index (χ3v) is 3.39. The summed E-state index contributed by atoms with van der Waals surface area (Å²) >= 11 is 3.46. The van der Waals surface area contributed by atoms with Gasteiger partial charge < -0.3 is 0 Å². The number of halogens is 1. The number of hydrogen-bond acceptors (Lipinski definition) is 2. The zero-order chi connectivity index (χ0) is 11.1. The second-order valence-electron chi connectivity index (χ2n) is 4.28. The Kier molecular flexibility index (Phi) is 2.32. The van der Waals surface area contributed by atoms with Gasteiger partial charge in [-0.15, -0.1) is 0 Å². The number of aromatic nitrogens is 3. The summed E-state index contributed by atoms with van der Waals surface area (Å²) in [6.07, 6.45) is 2.49. The van der Waals surface area contributed by atoms with E-state index < -0.39 is 0 Å². The van der Waals surface area contributed by atoms with E-state index in [9.17, 15) is 0 Å². The molecule has 0 radical (unpaired) electrons. The molecule has 1 saturated carbocycles. The Labute approximate surface area is 102 Å². The zero-order valence-corrected chi connectivity index (χ0v) is 10.6. The smallest absolute Gasteiger partial charge is 0.181 e. The van der Waals surface area contributed by atoms with Crippen molar-refractivity contribution in [1.29, 1.82) is 0 Å². The van der Waals surface area contributed by atoms with Crippen LogP contribution in [0.4, 0.5) is 0 Å². The van der Waals surface area contributed by atoms with Crippen molar-refractivity contribution in [3.05, 3.63) is 34.1 Å². The maximum Gasteiger partial charge on any atom is 0.181 e. The summed E-state index contributed by atoms with van der Waals surface area (Å²) in [5.74, 6) is 2.47. The SMILES string of the molecule is Cc1cc(Br)ccc1-c1n[nH]c(C2CC2)n1. The molecule has 16 heavy (non-hydrogen) atoms. The van der Waals surface area contributed by atoms with E-state index in [1.54, 1.807) is 0 Å². The first-order chi connectivity index (χ1) is 7.74. The van der Waals surface area contributed by atoms with Crippen LogP contribution in [0.5, 0.6) is 0 Å². The highest BCUT2D eigenvalue weighted by Gasteiger charge is 2.27. The minimum Gasteiger partial charge on any atom is -0.262 e. The second-order valence-corrected chi connectivity index (χ2v) is 5.19. The van der Waals surface area contributed by atoms with Crippen LogP contribution in [0.15, 0.2) is 22.7 Å². The molecule has 1 aliphatic rings. The highest BCUT2D eigenvalue weighted by molar-refractivity contribution is 9.10. The van der Waals surface area contributed by atoms with Gasteiger partial charge in [0, 0.05) is 16.0 Å². The number of hydrogen-bond donors (Lipinski definition) is 1. The van der Waals surface area contributed by atoms with E-state index >= 15 is 0 Å². The number of aryl methyl sites for hydroxylation is 1. The number of rotatable bonds is 2. The van der Waals surface area contributed by atoms with Gasteiger partial charge in [-0.05, 0) is 43.5 Å². The van der Waals surface area contributed by atoms with Gasteiger partial charge in [0.2, 0.25) is 0 Å². The van der Waals surface area contributed by atoms with E-state index in [0.29, 0.717) is 5.92 Å². The van der Waals surface area contributed by atoms with Crippen LogP contribution >= 0.6 is 15.9 Å².